The molecule has 1 aliphatic rings. The lowest BCUT2D eigenvalue weighted by molar-refractivity contribution is 0.0650. The number of fused-ring (bicyclic) bond motifs is 1. The van der Waals surface area contributed by atoms with Crippen molar-refractivity contribution < 1.29 is 4.74 Å². The second-order valence-corrected chi connectivity index (χ2v) is 5.75. The number of anilines is 1. The summed E-state index contributed by atoms with van der Waals surface area (Å²) in [5, 5.41) is 0. The lowest BCUT2D eigenvalue weighted by Crippen LogP contribution is -2.20. The van der Waals surface area contributed by atoms with Crippen molar-refractivity contribution in [2.75, 3.05) is 12.8 Å². The summed E-state index contributed by atoms with van der Waals surface area (Å²) in [6.45, 7) is 0. The zero-order valence-corrected chi connectivity index (χ0v) is 12.4. The lowest BCUT2D eigenvalue weighted by atomic mass is 9.87. The minimum absolute atomic E-state index is 0.401. The van der Waals surface area contributed by atoms with Gasteiger partial charge in [0.05, 0.1) is 6.10 Å². The molecular formula is C13H17BrN4O. The summed E-state index contributed by atoms with van der Waals surface area (Å²) in [6, 6.07) is 0. The Balaban J connectivity index is 1.96. The second-order valence-electron chi connectivity index (χ2n) is 5.00. The summed E-state index contributed by atoms with van der Waals surface area (Å²) < 4.78 is 8.26. The molecule has 0 radical (unpaired) electrons. The second kappa shape index (κ2) is 5.09. The number of ether oxygens (including phenoxy) is 1. The summed E-state index contributed by atoms with van der Waals surface area (Å²) in [7, 11) is 1.79. The van der Waals surface area contributed by atoms with E-state index in [-0.39, 0.29) is 0 Å². The Labute approximate surface area is 120 Å². The Bertz CT molecular complexity index is 590. The maximum Gasteiger partial charge on any atom is 0.150 e. The van der Waals surface area contributed by atoms with Gasteiger partial charge in [-0.25, -0.2) is 9.97 Å². The average Bonchev–Trinajstić information content (AvgIpc) is 2.78. The third kappa shape index (κ3) is 2.23. The highest BCUT2D eigenvalue weighted by molar-refractivity contribution is 9.10. The van der Waals surface area contributed by atoms with E-state index in [0.717, 1.165) is 41.6 Å². The number of imidazole rings is 1. The Morgan fingerprint density at radius 3 is 2.79 bits per heavy atom. The molecule has 5 nitrogen and oxygen atoms in total. The highest BCUT2D eigenvalue weighted by Gasteiger charge is 2.26. The summed E-state index contributed by atoms with van der Waals surface area (Å²) in [4.78, 5) is 8.76. The first kappa shape index (κ1) is 12.9. The topological polar surface area (TPSA) is 65.4 Å². The van der Waals surface area contributed by atoms with Gasteiger partial charge in [0.25, 0.3) is 0 Å². The molecule has 19 heavy (non-hydrogen) atoms. The van der Waals surface area contributed by atoms with Gasteiger partial charge >= 0.3 is 0 Å². The molecule has 2 N–H and O–H groups in total. The molecule has 0 aromatic carbocycles. The van der Waals surface area contributed by atoms with Crippen molar-refractivity contribution in [2.24, 2.45) is 0 Å². The molecule has 2 heterocycles. The quantitative estimate of drug-likeness (QED) is 0.922. The smallest absolute Gasteiger partial charge is 0.150 e. The summed E-state index contributed by atoms with van der Waals surface area (Å²) >= 11 is 3.48. The average molecular weight is 325 g/mol. The van der Waals surface area contributed by atoms with Crippen LogP contribution in [-0.4, -0.2) is 27.6 Å². The van der Waals surface area contributed by atoms with Gasteiger partial charge in [0.15, 0.2) is 5.82 Å². The van der Waals surface area contributed by atoms with Crippen LogP contribution in [0.3, 0.4) is 0 Å². The SMILES string of the molecule is COC1CCC(c2nc(Br)c3c(N)nccn23)CC1. The molecular weight excluding hydrogens is 308 g/mol. The largest absolute Gasteiger partial charge is 0.382 e. The van der Waals surface area contributed by atoms with Crippen molar-refractivity contribution >= 4 is 27.3 Å². The van der Waals surface area contributed by atoms with Crippen molar-refractivity contribution in [2.45, 2.75) is 37.7 Å². The van der Waals surface area contributed by atoms with E-state index in [0.29, 0.717) is 17.8 Å². The molecule has 0 amide bonds. The van der Waals surface area contributed by atoms with Crippen LogP contribution in [0, 0.1) is 0 Å². The first-order chi connectivity index (χ1) is 9.20. The van der Waals surface area contributed by atoms with Crippen LogP contribution in [0.5, 0.6) is 0 Å². The van der Waals surface area contributed by atoms with Crippen LogP contribution in [0.4, 0.5) is 5.82 Å². The van der Waals surface area contributed by atoms with Gasteiger partial charge in [0, 0.05) is 25.4 Å². The van der Waals surface area contributed by atoms with Gasteiger partial charge in [-0.3, -0.25) is 4.40 Å². The van der Waals surface area contributed by atoms with Gasteiger partial charge in [-0.1, -0.05) is 0 Å². The van der Waals surface area contributed by atoms with E-state index in [9.17, 15) is 0 Å². The lowest BCUT2D eigenvalue weighted by Gasteiger charge is -2.26. The molecule has 0 aliphatic heterocycles. The zero-order chi connectivity index (χ0) is 13.4. The van der Waals surface area contributed by atoms with E-state index in [2.05, 4.69) is 30.3 Å². The highest BCUT2D eigenvalue weighted by Crippen LogP contribution is 2.35. The number of rotatable bonds is 2. The first-order valence-electron chi connectivity index (χ1n) is 6.51. The molecule has 0 saturated heterocycles. The molecule has 1 aliphatic carbocycles. The third-order valence-corrected chi connectivity index (χ3v) is 4.49. The van der Waals surface area contributed by atoms with Gasteiger partial charge in [-0.05, 0) is 41.6 Å². The van der Waals surface area contributed by atoms with Crippen molar-refractivity contribution in [3.63, 3.8) is 0 Å². The Morgan fingerprint density at radius 2 is 2.11 bits per heavy atom. The predicted octanol–water partition coefficient (Wildman–Crippen LogP) is 2.75. The predicted molar refractivity (Wildman–Crippen MR) is 77.1 cm³/mol. The third-order valence-electron chi connectivity index (χ3n) is 3.94. The number of aromatic nitrogens is 3. The van der Waals surface area contributed by atoms with Crippen LogP contribution >= 0.6 is 15.9 Å². The number of halogens is 1. The molecule has 1 fully saturated rings. The standard InChI is InChI=1S/C13H17BrN4O/c1-19-9-4-2-8(3-5-9)13-17-11(14)10-12(15)16-6-7-18(10)13/h6-9H,2-5H2,1H3,(H2,15,16). The molecule has 0 unspecified atom stereocenters. The van der Waals surface area contributed by atoms with Gasteiger partial charge in [-0.15, -0.1) is 0 Å². The van der Waals surface area contributed by atoms with E-state index in [1.807, 2.05) is 6.20 Å². The number of nitrogens with two attached hydrogens (primary N) is 1. The van der Waals surface area contributed by atoms with E-state index in [1.165, 1.54) is 0 Å². The van der Waals surface area contributed by atoms with Crippen LogP contribution in [0.15, 0.2) is 17.0 Å². The van der Waals surface area contributed by atoms with Crippen LogP contribution in [0.1, 0.15) is 37.4 Å². The Kier molecular flexibility index (Phi) is 3.45. The molecule has 0 spiro atoms. The molecule has 2 aromatic rings. The summed E-state index contributed by atoms with van der Waals surface area (Å²) in [5.74, 6) is 2.05. The van der Waals surface area contributed by atoms with Crippen LogP contribution in [-0.2, 0) is 4.74 Å². The van der Waals surface area contributed by atoms with E-state index >= 15 is 0 Å². The molecule has 0 bridgehead atoms. The zero-order valence-electron chi connectivity index (χ0n) is 10.8. The number of hydrogen-bond acceptors (Lipinski definition) is 4. The fourth-order valence-electron chi connectivity index (χ4n) is 2.89. The Morgan fingerprint density at radius 1 is 1.37 bits per heavy atom. The molecule has 2 aromatic heterocycles. The fourth-order valence-corrected chi connectivity index (χ4v) is 3.46. The van der Waals surface area contributed by atoms with E-state index < -0.39 is 0 Å². The molecule has 0 atom stereocenters. The van der Waals surface area contributed by atoms with Gasteiger partial charge in [-0.2, -0.15) is 0 Å². The maximum absolute atomic E-state index is 5.92. The minimum atomic E-state index is 0.401. The summed E-state index contributed by atoms with van der Waals surface area (Å²) in [6.07, 6.45) is 8.45. The van der Waals surface area contributed by atoms with Crippen LogP contribution in [0.2, 0.25) is 0 Å². The molecule has 6 heteroatoms. The molecule has 1 saturated carbocycles. The maximum atomic E-state index is 5.92. The first-order valence-corrected chi connectivity index (χ1v) is 7.30. The Hall–Kier alpha value is -1.14. The number of hydrogen-bond donors (Lipinski definition) is 1. The van der Waals surface area contributed by atoms with Crippen LogP contribution < -0.4 is 5.73 Å². The van der Waals surface area contributed by atoms with E-state index in [4.69, 9.17) is 10.5 Å². The summed E-state index contributed by atoms with van der Waals surface area (Å²) in [5.41, 5.74) is 6.79. The highest BCUT2D eigenvalue weighted by atomic mass is 79.9. The fraction of sp³-hybridized carbons (Fsp3) is 0.538. The number of nitrogen functional groups attached to an aromatic ring is 1. The number of methoxy groups -OCH3 is 1. The van der Waals surface area contributed by atoms with Crippen LogP contribution in [0.25, 0.3) is 5.52 Å². The van der Waals surface area contributed by atoms with Crippen molar-refractivity contribution in [1.82, 2.24) is 14.4 Å². The van der Waals surface area contributed by atoms with Gasteiger partial charge < -0.3 is 10.5 Å². The van der Waals surface area contributed by atoms with Gasteiger partial charge in [0.2, 0.25) is 0 Å². The van der Waals surface area contributed by atoms with Crippen molar-refractivity contribution in [3.8, 4) is 0 Å². The number of nitrogens with zero attached hydrogens (tertiary/aromatic N) is 3. The van der Waals surface area contributed by atoms with E-state index in [1.54, 1.807) is 13.3 Å². The monoisotopic (exact) mass is 324 g/mol. The minimum Gasteiger partial charge on any atom is -0.382 e. The van der Waals surface area contributed by atoms with Gasteiger partial charge in [0.1, 0.15) is 15.9 Å². The van der Waals surface area contributed by atoms with Crippen molar-refractivity contribution in [1.29, 1.82) is 0 Å². The molecule has 102 valence electrons. The molecule has 3 rings (SSSR count). The normalized spacial score (nSPS) is 23.9. The van der Waals surface area contributed by atoms with Crippen molar-refractivity contribution in [3.05, 3.63) is 22.8 Å².